The molecule has 96 valence electrons. The van der Waals surface area contributed by atoms with Crippen LogP contribution in [0.1, 0.15) is 20.8 Å². The number of sulfonamides is 1. The fourth-order valence-corrected chi connectivity index (χ4v) is 1.88. The van der Waals surface area contributed by atoms with Gasteiger partial charge in [0.05, 0.1) is 11.3 Å². The number of hydrogen-bond donors (Lipinski definition) is 3. The maximum absolute atomic E-state index is 11.6. The van der Waals surface area contributed by atoms with Crippen LogP contribution in [0, 0.1) is 0 Å². The van der Waals surface area contributed by atoms with E-state index in [9.17, 15) is 13.2 Å². The lowest BCUT2D eigenvalue weighted by atomic mass is 10.1. The summed E-state index contributed by atoms with van der Waals surface area (Å²) in [6.07, 6.45) is 0. The normalized spacial score (nSPS) is 12.5. The summed E-state index contributed by atoms with van der Waals surface area (Å²) in [5.41, 5.74) is -0.693. The molecule has 3 N–H and O–H groups in total. The molecule has 6 nitrogen and oxygen atoms in total. The molecule has 0 aliphatic rings. The van der Waals surface area contributed by atoms with Gasteiger partial charge in [-0.15, -0.1) is 0 Å². The number of likely N-dealkylation sites (N-methyl/N-ethyl adjacent to an activating group) is 1. The Balaban J connectivity index is 4.05. The molecule has 0 saturated carbocycles. The Morgan fingerprint density at radius 2 is 1.88 bits per heavy atom. The maximum atomic E-state index is 11.6. The summed E-state index contributed by atoms with van der Waals surface area (Å²) in [6.45, 7) is 5.63. The van der Waals surface area contributed by atoms with E-state index in [1.54, 1.807) is 27.8 Å². The average molecular weight is 251 g/mol. The molecule has 0 aliphatic carbocycles. The summed E-state index contributed by atoms with van der Waals surface area (Å²) in [6, 6.07) is 0. The molecule has 0 heterocycles. The summed E-state index contributed by atoms with van der Waals surface area (Å²) < 4.78 is 24.9. The van der Waals surface area contributed by atoms with Crippen LogP contribution in [0.4, 0.5) is 0 Å². The highest BCUT2D eigenvalue weighted by molar-refractivity contribution is 7.89. The quantitative estimate of drug-likeness (QED) is 0.544. The first-order valence-electron chi connectivity index (χ1n) is 5.19. The molecular formula is C9H21N3O3S. The molecule has 0 aromatic rings. The second-order valence-corrected chi connectivity index (χ2v) is 5.87. The predicted octanol–water partition coefficient (Wildman–Crippen LogP) is -0.960. The average Bonchev–Trinajstić information content (AvgIpc) is 2.17. The molecular weight excluding hydrogens is 230 g/mol. The Kier molecular flexibility index (Phi) is 5.91. The van der Waals surface area contributed by atoms with Crippen LogP contribution in [0.5, 0.6) is 0 Å². The minimum Gasteiger partial charge on any atom is -0.353 e. The Hall–Kier alpha value is -0.660. The molecule has 0 bridgehead atoms. The number of rotatable bonds is 7. The third-order valence-electron chi connectivity index (χ3n) is 2.21. The van der Waals surface area contributed by atoms with Crippen LogP contribution in [0.3, 0.4) is 0 Å². The van der Waals surface area contributed by atoms with Gasteiger partial charge in [-0.25, -0.2) is 13.1 Å². The zero-order chi connectivity index (χ0) is 12.8. The highest BCUT2D eigenvalue weighted by Crippen LogP contribution is 1.99. The van der Waals surface area contributed by atoms with Crippen molar-refractivity contribution >= 4 is 15.9 Å². The third-order valence-corrected chi connectivity index (χ3v) is 3.68. The van der Waals surface area contributed by atoms with Crippen LogP contribution in [0.2, 0.25) is 0 Å². The van der Waals surface area contributed by atoms with E-state index in [0.717, 1.165) is 0 Å². The zero-order valence-corrected chi connectivity index (χ0v) is 11.1. The number of nitrogens with one attached hydrogen (secondary N) is 3. The molecule has 0 aromatic carbocycles. The lowest BCUT2D eigenvalue weighted by Gasteiger charge is -2.22. The second-order valence-electron chi connectivity index (χ2n) is 3.95. The van der Waals surface area contributed by atoms with Gasteiger partial charge in [0.25, 0.3) is 0 Å². The first kappa shape index (κ1) is 15.3. The Labute approximate surface area is 97.2 Å². The van der Waals surface area contributed by atoms with Gasteiger partial charge in [0.15, 0.2) is 0 Å². The molecule has 0 unspecified atom stereocenters. The van der Waals surface area contributed by atoms with Gasteiger partial charge in [-0.2, -0.15) is 0 Å². The first-order chi connectivity index (χ1) is 7.25. The zero-order valence-electron chi connectivity index (χ0n) is 10.3. The molecule has 0 spiro atoms. The molecule has 1 amide bonds. The van der Waals surface area contributed by atoms with Crippen molar-refractivity contribution in [2.24, 2.45) is 0 Å². The van der Waals surface area contributed by atoms with E-state index in [-0.39, 0.29) is 18.2 Å². The van der Waals surface area contributed by atoms with Crippen molar-refractivity contribution in [2.45, 2.75) is 26.3 Å². The van der Waals surface area contributed by atoms with E-state index in [1.165, 1.54) is 0 Å². The first-order valence-corrected chi connectivity index (χ1v) is 6.85. The van der Waals surface area contributed by atoms with Gasteiger partial charge < -0.3 is 10.6 Å². The minimum absolute atomic E-state index is 0.105. The highest BCUT2D eigenvalue weighted by atomic mass is 32.2. The van der Waals surface area contributed by atoms with Gasteiger partial charge >= 0.3 is 0 Å². The summed E-state index contributed by atoms with van der Waals surface area (Å²) in [7, 11) is -1.59. The minimum atomic E-state index is -3.26. The van der Waals surface area contributed by atoms with Crippen molar-refractivity contribution < 1.29 is 13.2 Å². The van der Waals surface area contributed by atoms with Crippen LogP contribution in [-0.4, -0.2) is 45.8 Å². The van der Waals surface area contributed by atoms with Gasteiger partial charge in [-0.3, -0.25) is 4.79 Å². The van der Waals surface area contributed by atoms with Crippen LogP contribution in [0.25, 0.3) is 0 Å². The summed E-state index contributed by atoms with van der Waals surface area (Å²) >= 11 is 0. The molecule has 0 rings (SSSR count). The second kappa shape index (κ2) is 6.17. The molecule has 0 aromatic heterocycles. The molecule has 0 atom stereocenters. The molecule has 0 saturated heterocycles. The fraction of sp³-hybridized carbons (Fsp3) is 0.889. The van der Waals surface area contributed by atoms with Crippen LogP contribution >= 0.6 is 0 Å². The summed E-state index contributed by atoms with van der Waals surface area (Å²) in [5, 5.41) is 5.40. The van der Waals surface area contributed by atoms with E-state index in [0.29, 0.717) is 6.54 Å². The fourth-order valence-electron chi connectivity index (χ4n) is 0.926. The van der Waals surface area contributed by atoms with Gasteiger partial charge in [-0.1, -0.05) is 6.92 Å². The summed E-state index contributed by atoms with van der Waals surface area (Å²) in [5.74, 6) is -0.325. The van der Waals surface area contributed by atoms with Gasteiger partial charge in [-0.05, 0) is 20.9 Å². The number of amides is 1. The summed E-state index contributed by atoms with van der Waals surface area (Å²) in [4.78, 5) is 11.6. The van der Waals surface area contributed by atoms with E-state index in [4.69, 9.17) is 0 Å². The molecule has 0 aliphatic heterocycles. The smallest absolute Gasteiger partial charge is 0.239 e. The van der Waals surface area contributed by atoms with E-state index in [1.807, 2.05) is 0 Å². The predicted molar refractivity (Wildman–Crippen MR) is 63.6 cm³/mol. The van der Waals surface area contributed by atoms with Crippen LogP contribution in [0.15, 0.2) is 0 Å². The van der Waals surface area contributed by atoms with E-state index >= 15 is 0 Å². The highest BCUT2D eigenvalue weighted by Gasteiger charge is 2.24. The van der Waals surface area contributed by atoms with E-state index < -0.39 is 15.6 Å². The topological polar surface area (TPSA) is 87.3 Å². The van der Waals surface area contributed by atoms with Crippen LogP contribution in [-0.2, 0) is 14.8 Å². The van der Waals surface area contributed by atoms with Crippen LogP contribution < -0.4 is 15.4 Å². The van der Waals surface area contributed by atoms with Gasteiger partial charge in [0.1, 0.15) is 0 Å². The van der Waals surface area contributed by atoms with Crippen molar-refractivity contribution in [1.29, 1.82) is 0 Å². The Bertz CT molecular complexity index is 325. The molecule has 16 heavy (non-hydrogen) atoms. The Morgan fingerprint density at radius 3 is 2.31 bits per heavy atom. The lowest BCUT2D eigenvalue weighted by molar-refractivity contribution is -0.126. The van der Waals surface area contributed by atoms with Gasteiger partial charge in [0, 0.05) is 13.1 Å². The Morgan fingerprint density at radius 1 is 1.31 bits per heavy atom. The number of hydrogen-bond acceptors (Lipinski definition) is 4. The SMILES string of the molecule is CCNS(=O)(=O)CCNC(=O)C(C)(C)NC. The van der Waals surface area contributed by atoms with Gasteiger partial charge in [0.2, 0.25) is 15.9 Å². The monoisotopic (exact) mass is 251 g/mol. The third kappa shape index (κ3) is 5.43. The van der Waals surface area contributed by atoms with Crippen molar-refractivity contribution in [3.05, 3.63) is 0 Å². The van der Waals surface area contributed by atoms with E-state index in [2.05, 4.69) is 15.4 Å². The number of carbonyl (C=O) groups is 1. The molecule has 0 fully saturated rings. The van der Waals surface area contributed by atoms with Crippen molar-refractivity contribution in [1.82, 2.24) is 15.4 Å². The molecule has 0 radical (unpaired) electrons. The standard InChI is InChI=1S/C9H21N3O3S/c1-5-12-16(14,15)7-6-11-8(13)9(2,3)10-4/h10,12H,5-7H2,1-4H3,(H,11,13). The van der Waals surface area contributed by atoms with Crippen molar-refractivity contribution in [3.8, 4) is 0 Å². The maximum Gasteiger partial charge on any atom is 0.239 e. The number of carbonyl (C=O) groups excluding carboxylic acids is 1. The van der Waals surface area contributed by atoms with Crippen molar-refractivity contribution in [2.75, 3.05) is 25.9 Å². The lowest BCUT2D eigenvalue weighted by Crippen LogP contribution is -2.52. The molecule has 7 heteroatoms. The van der Waals surface area contributed by atoms with Crippen molar-refractivity contribution in [3.63, 3.8) is 0 Å². The largest absolute Gasteiger partial charge is 0.353 e.